The number of imide groups is 1. The Labute approximate surface area is 279 Å². The molecule has 3 amide bonds. The van der Waals surface area contributed by atoms with Gasteiger partial charge in [-0.2, -0.15) is 13.2 Å². The number of nitrogens with zero attached hydrogens (tertiary/aromatic N) is 2. The van der Waals surface area contributed by atoms with Crippen LogP contribution in [0.4, 0.5) is 24.5 Å². The number of para-hydroxylation sites is 1. The predicted octanol–water partition coefficient (Wildman–Crippen LogP) is 5.55. The minimum absolute atomic E-state index is 0.175. The molecule has 10 nitrogen and oxygen atoms in total. The van der Waals surface area contributed by atoms with Crippen LogP contribution in [0.15, 0.2) is 82.6 Å². The van der Waals surface area contributed by atoms with Gasteiger partial charge in [-0.3, -0.25) is 23.7 Å². The highest BCUT2D eigenvalue weighted by molar-refractivity contribution is 8.00. The number of benzene rings is 3. The van der Waals surface area contributed by atoms with Crippen molar-refractivity contribution in [2.45, 2.75) is 35.8 Å². The number of halogens is 3. The topological polar surface area (TPSA) is 124 Å². The van der Waals surface area contributed by atoms with Crippen molar-refractivity contribution in [1.82, 2.24) is 4.57 Å². The summed E-state index contributed by atoms with van der Waals surface area (Å²) >= 11 is 1.77. The molecular formula is C33H26F3N3O7S2. The molecular weight excluding hydrogens is 672 g/mol. The number of hydrogen-bond acceptors (Lipinski definition) is 9. The van der Waals surface area contributed by atoms with Crippen LogP contribution in [0.1, 0.15) is 39.2 Å². The molecule has 15 heteroatoms. The van der Waals surface area contributed by atoms with Gasteiger partial charge in [0.25, 0.3) is 0 Å². The molecule has 1 saturated heterocycles. The van der Waals surface area contributed by atoms with Gasteiger partial charge in [0.2, 0.25) is 17.7 Å². The zero-order valence-electron chi connectivity index (χ0n) is 25.3. The van der Waals surface area contributed by atoms with E-state index in [1.807, 2.05) is 0 Å². The second-order valence-corrected chi connectivity index (χ2v) is 12.9. The largest absolute Gasteiger partial charge is 0.497 e. The van der Waals surface area contributed by atoms with Crippen LogP contribution in [0.5, 0.6) is 5.75 Å². The number of thiazole rings is 1. The van der Waals surface area contributed by atoms with E-state index < -0.39 is 69.6 Å². The first-order chi connectivity index (χ1) is 22.9. The van der Waals surface area contributed by atoms with Crippen molar-refractivity contribution >= 4 is 58.2 Å². The summed E-state index contributed by atoms with van der Waals surface area (Å²) in [4.78, 5) is 67.6. The number of esters is 1. The maximum absolute atomic E-state index is 14.1. The number of nitrogens with one attached hydrogen (secondary N) is 1. The lowest BCUT2D eigenvalue weighted by molar-refractivity contribution is -0.137. The summed E-state index contributed by atoms with van der Waals surface area (Å²) in [5.41, 5.74) is -0.405. The first kappa shape index (κ1) is 33.0. The number of ether oxygens (including phenoxy) is 2. The highest BCUT2D eigenvalue weighted by Crippen LogP contribution is 2.54. The molecule has 3 heterocycles. The van der Waals surface area contributed by atoms with Gasteiger partial charge >= 0.3 is 17.0 Å². The summed E-state index contributed by atoms with van der Waals surface area (Å²) in [6, 6.07) is 17.2. The molecule has 1 aromatic heterocycles. The second-order valence-electron chi connectivity index (χ2n) is 10.8. The number of thioether (sulfide) groups is 1. The molecule has 0 aliphatic carbocycles. The molecule has 0 radical (unpaired) electrons. The molecule has 0 spiro atoms. The van der Waals surface area contributed by atoms with Crippen molar-refractivity contribution < 1.29 is 41.8 Å². The second kappa shape index (κ2) is 13.0. The Hall–Kier alpha value is -4.89. The van der Waals surface area contributed by atoms with E-state index in [-0.39, 0.29) is 22.9 Å². The predicted molar refractivity (Wildman–Crippen MR) is 172 cm³/mol. The van der Waals surface area contributed by atoms with Crippen LogP contribution in [0.25, 0.3) is 0 Å². The van der Waals surface area contributed by atoms with Gasteiger partial charge in [0.05, 0.1) is 47.2 Å². The SMILES string of the molecule is CCOC(=O)c1ccc(N2C(=O)C3Sc4c(sc(=O)n4CC(=O)Nc4ccccc4C(F)(F)F)C(c4ccc(OC)cc4)C3C2=O)cc1. The Morgan fingerprint density at radius 3 is 2.27 bits per heavy atom. The van der Waals surface area contributed by atoms with Crippen molar-refractivity contribution in [1.29, 1.82) is 0 Å². The monoisotopic (exact) mass is 697 g/mol. The minimum Gasteiger partial charge on any atom is -0.497 e. The van der Waals surface area contributed by atoms with Gasteiger partial charge in [-0.05, 0) is 61.0 Å². The number of fused-ring (bicyclic) bond motifs is 2. The number of aromatic nitrogens is 1. The van der Waals surface area contributed by atoms with Crippen LogP contribution in [0.2, 0.25) is 0 Å². The maximum Gasteiger partial charge on any atom is 0.418 e. The van der Waals surface area contributed by atoms with Gasteiger partial charge in [-0.25, -0.2) is 9.69 Å². The van der Waals surface area contributed by atoms with Crippen LogP contribution in [-0.4, -0.2) is 47.2 Å². The number of hydrogen-bond donors (Lipinski definition) is 1. The van der Waals surface area contributed by atoms with E-state index >= 15 is 0 Å². The van der Waals surface area contributed by atoms with E-state index in [1.54, 1.807) is 31.2 Å². The number of rotatable bonds is 8. The first-order valence-corrected chi connectivity index (χ1v) is 16.3. The molecule has 0 saturated carbocycles. The molecule has 2 aliphatic heterocycles. The van der Waals surface area contributed by atoms with E-state index in [0.717, 1.165) is 44.7 Å². The fraction of sp³-hybridized carbons (Fsp3) is 0.242. The first-order valence-electron chi connectivity index (χ1n) is 14.6. The zero-order valence-corrected chi connectivity index (χ0v) is 26.9. The lowest BCUT2D eigenvalue weighted by Crippen LogP contribution is -2.33. The third-order valence-corrected chi connectivity index (χ3v) is 10.6. The molecule has 3 unspecified atom stereocenters. The van der Waals surface area contributed by atoms with Gasteiger partial charge in [0, 0.05) is 10.8 Å². The van der Waals surface area contributed by atoms with E-state index in [1.165, 1.54) is 43.5 Å². The van der Waals surface area contributed by atoms with Crippen molar-refractivity contribution in [2.24, 2.45) is 5.92 Å². The summed E-state index contributed by atoms with van der Waals surface area (Å²) in [6.45, 7) is 1.22. The van der Waals surface area contributed by atoms with Crippen molar-refractivity contribution in [3.05, 3.63) is 104 Å². The van der Waals surface area contributed by atoms with Gasteiger partial charge in [-0.15, -0.1) is 0 Å². The van der Waals surface area contributed by atoms with Gasteiger partial charge in [0.15, 0.2) is 0 Å². The number of alkyl halides is 3. The third-order valence-electron chi connectivity index (χ3n) is 7.97. The van der Waals surface area contributed by atoms with E-state index in [2.05, 4.69) is 5.32 Å². The fourth-order valence-electron chi connectivity index (χ4n) is 5.81. The van der Waals surface area contributed by atoms with Crippen LogP contribution >= 0.6 is 23.1 Å². The molecule has 248 valence electrons. The highest BCUT2D eigenvalue weighted by Gasteiger charge is 2.57. The molecule has 48 heavy (non-hydrogen) atoms. The van der Waals surface area contributed by atoms with Crippen LogP contribution in [-0.2, 0) is 31.8 Å². The fourth-order valence-corrected chi connectivity index (χ4v) is 8.59. The number of carbonyl (C=O) groups excluding carboxylic acids is 4. The highest BCUT2D eigenvalue weighted by atomic mass is 32.2. The number of methoxy groups -OCH3 is 1. The van der Waals surface area contributed by atoms with Crippen LogP contribution in [0, 0.1) is 5.92 Å². The maximum atomic E-state index is 14.1. The van der Waals surface area contributed by atoms with E-state index in [4.69, 9.17) is 9.47 Å². The van der Waals surface area contributed by atoms with Crippen molar-refractivity contribution in [3.63, 3.8) is 0 Å². The zero-order chi connectivity index (χ0) is 34.3. The van der Waals surface area contributed by atoms with Crippen molar-refractivity contribution in [2.75, 3.05) is 23.9 Å². The van der Waals surface area contributed by atoms with Crippen molar-refractivity contribution in [3.8, 4) is 5.75 Å². The van der Waals surface area contributed by atoms with Gasteiger partial charge in [-0.1, -0.05) is 47.4 Å². The standard InChI is InChI=1S/C33H26F3N3O7S2/c1-3-46-31(43)18-8-12-19(13-9-18)39-28(41)25-24(17-10-14-20(45-2)15-11-17)27-30(47-26(25)29(39)42)38(32(44)48-27)16-23(40)37-22-7-5-4-6-21(22)33(34,35)36/h4-15,24-26H,3,16H2,1-2H3,(H,37,40). The molecule has 3 aromatic carbocycles. The Kier molecular flexibility index (Phi) is 8.92. The van der Waals surface area contributed by atoms with Crippen LogP contribution < -0.4 is 19.8 Å². The normalized spacial score (nSPS) is 18.7. The molecule has 3 atom stereocenters. The van der Waals surface area contributed by atoms with E-state index in [9.17, 15) is 37.1 Å². The average molecular weight is 698 g/mol. The van der Waals surface area contributed by atoms with E-state index in [0.29, 0.717) is 16.2 Å². The number of carbonyl (C=O) groups is 4. The summed E-state index contributed by atoms with van der Waals surface area (Å²) in [5.74, 6) is -3.68. The number of anilines is 2. The lowest BCUT2D eigenvalue weighted by Gasteiger charge is -2.30. The molecule has 4 aromatic rings. The molecule has 0 bridgehead atoms. The number of amides is 3. The molecule has 6 rings (SSSR count). The smallest absolute Gasteiger partial charge is 0.418 e. The molecule has 1 N–H and O–H groups in total. The summed E-state index contributed by atoms with van der Waals surface area (Å²) < 4.78 is 52.1. The van der Waals surface area contributed by atoms with Gasteiger partial charge in [0.1, 0.15) is 17.5 Å². The minimum atomic E-state index is -4.72. The Balaban J connectivity index is 1.37. The quantitative estimate of drug-likeness (QED) is 0.188. The Bertz CT molecular complexity index is 1970. The summed E-state index contributed by atoms with van der Waals surface area (Å²) in [5, 5.41) is 1.52. The molecule has 1 fully saturated rings. The lowest BCUT2D eigenvalue weighted by atomic mass is 9.83. The third kappa shape index (κ3) is 5.99. The summed E-state index contributed by atoms with van der Waals surface area (Å²) in [6.07, 6.45) is -4.72. The average Bonchev–Trinajstić information content (AvgIpc) is 3.50. The van der Waals surface area contributed by atoms with Gasteiger partial charge < -0.3 is 14.8 Å². The molecule has 2 aliphatic rings. The summed E-state index contributed by atoms with van der Waals surface area (Å²) in [7, 11) is 1.49. The Morgan fingerprint density at radius 1 is 0.938 bits per heavy atom. The van der Waals surface area contributed by atoms with Crippen LogP contribution in [0.3, 0.4) is 0 Å². The Morgan fingerprint density at radius 2 is 1.62 bits per heavy atom.